The molecule has 0 saturated carbocycles. The Kier molecular flexibility index (Phi) is 38.1. The van der Waals surface area contributed by atoms with Crippen molar-refractivity contribution in [3.63, 3.8) is 0 Å². The maximum absolute atomic E-state index is 6.17. The third-order valence-electron chi connectivity index (χ3n) is 30.2. The van der Waals surface area contributed by atoms with Gasteiger partial charge in [0, 0.05) is 49.6 Å². The van der Waals surface area contributed by atoms with Crippen LogP contribution in [0.3, 0.4) is 0 Å². The molecule has 3 aromatic heterocycles. The molecule has 0 amide bonds. The molecule has 0 N–H and O–H groups in total. The van der Waals surface area contributed by atoms with E-state index in [-0.39, 0.29) is 16.2 Å². The summed E-state index contributed by atoms with van der Waals surface area (Å²) in [5, 5.41) is 0. The van der Waals surface area contributed by atoms with Crippen LogP contribution in [-0.2, 0) is 54.8 Å². The van der Waals surface area contributed by atoms with Crippen molar-refractivity contribution in [2.45, 2.75) is 446 Å². The largest absolute Gasteiger partial charge is 0.249 e. The lowest BCUT2D eigenvalue weighted by molar-refractivity contribution is 0.398. The average molecular weight is 1730 g/mol. The van der Waals surface area contributed by atoms with Crippen LogP contribution in [-0.4, -0.2) is 29.9 Å². The van der Waals surface area contributed by atoms with Crippen LogP contribution >= 0.6 is 0 Å². The Morgan fingerprint density at radius 3 is 0.543 bits per heavy atom. The highest BCUT2D eigenvalue weighted by molar-refractivity contribution is 5.89. The van der Waals surface area contributed by atoms with Gasteiger partial charge in [0.1, 0.15) is 0 Å². The molecule has 3 aliphatic rings. The molecule has 0 fully saturated rings. The highest BCUT2D eigenvalue weighted by Crippen LogP contribution is 2.59. The van der Waals surface area contributed by atoms with Crippen LogP contribution < -0.4 is 0 Å². The number of aromatic nitrogens is 6. The van der Waals surface area contributed by atoms with Crippen LogP contribution in [0.4, 0.5) is 0 Å². The predicted octanol–water partition coefficient (Wildman–Crippen LogP) is 37.1. The number of hydrogen-bond donors (Lipinski definition) is 0. The summed E-state index contributed by atoms with van der Waals surface area (Å²) in [7, 11) is 0. The molecule has 6 heteroatoms. The van der Waals surface area contributed by atoms with Crippen LogP contribution in [0.15, 0.2) is 146 Å². The van der Waals surface area contributed by atoms with E-state index in [9.17, 15) is 0 Å². The summed E-state index contributed by atoms with van der Waals surface area (Å²) in [5.41, 5.74) is 36.9. The second-order valence-electron chi connectivity index (χ2n) is 40.0. The summed E-state index contributed by atoms with van der Waals surface area (Å²) in [5.74, 6) is 0. The van der Waals surface area contributed by atoms with Crippen molar-refractivity contribution in [3.05, 3.63) is 213 Å². The molecular weight excluding hydrogens is 1560 g/mol. The van der Waals surface area contributed by atoms with Gasteiger partial charge in [-0.3, -0.25) is 0 Å². The molecule has 10 aromatic rings. The van der Waals surface area contributed by atoms with E-state index in [1.54, 1.807) is 16.7 Å². The smallest absolute Gasteiger partial charge is 0.0921 e. The highest BCUT2D eigenvalue weighted by Gasteiger charge is 2.46. The number of hydrogen-bond acceptors (Lipinski definition) is 6. The van der Waals surface area contributed by atoms with Gasteiger partial charge in [-0.15, -0.1) is 0 Å². The summed E-state index contributed by atoms with van der Waals surface area (Å²) in [6.45, 7) is 28.1. The fourth-order valence-electron chi connectivity index (χ4n) is 23.4. The van der Waals surface area contributed by atoms with Gasteiger partial charge < -0.3 is 0 Å². The van der Waals surface area contributed by atoms with Gasteiger partial charge in [0.2, 0.25) is 0 Å². The van der Waals surface area contributed by atoms with Gasteiger partial charge in [-0.05, 0) is 180 Å². The lowest BCUT2D eigenvalue weighted by atomic mass is 9.70. The van der Waals surface area contributed by atoms with Gasteiger partial charge in [0.05, 0.1) is 68.3 Å². The second kappa shape index (κ2) is 50.0. The van der Waals surface area contributed by atoms with E-state index in [1.165, 1.54) is 336 Å². The Labute approximate surface area is 784 Å². The van der Waals surface area contributed by atoms with Gasteiger partial charge in [0.15, 0.2) is 0 Å². The van der Waals surface area contributed by atoms with Gasteiger partial charge in [-0.2, -0.15) is 0 Å². The Bertz CT molecular complexity index is 4600. The maximum Gasteiger partial charge on any atom is 0.0921 e. The molecule has 0 radical (unpaired) electrons. The van der Waals surface area contributed by atoms with Crippen LogP contribution in [0.1, 0.15) is 459 Å². The summed E-state index contributed by atoms with van der Waals surface area (Å²) >= 11 is 0. The van der Waals surface area contributed by atoms with Crippen molar-refractivity contribution >= 4 is 0 Å². The average Bonchev–Trinajstić information content (AvgIpc) is 1.58. The molecule has 6 nitrogen and oxygen atoms in total. The molecular formula is C123H168N6. The van der Waals surface area contributed by atoms with Crippen molar-refractivity contribution in [1.29, 1.82) is 0 Å². The van der Waals surface area contributed by atoms with E-state index in [2.05, 4.69) is 229 Å². The van der Waals surface area contributed by atoms with Crippen LogP contribution in [0.25, 0.3) is 101 Å². The minimum absolute atomic E-state index is 0.0543. The normalized spacial score (nSPS) is 13.6. The monoisotopic (exact) mass is 1730 g/mol. The molecule has 129 heavy (non-hydrogen) atoms. The summed E-state index contributed by atoms with van der Waals surface area (Å²) in [6.07, 6.45) is 64.3. The molecule has 0 unspecified atom stereocenters. The fraction of sp³-hybridized carbons (Fsp3) is 0.561. The van der Waals surface area contributed by atoms with E-state index in [4.69, 9.17) is 29.9 Å². The number of benzene rings is 7. The minimum Gasteiger partial charge on any atom is -0.249 e. The predicted molar refractivity (Wildman–Crippen MR) is 556 cm³/mol. The Morgan fingerprint density at radius 1 is 0.163 bits per heavy atom. The topological polar surface area (TPSA) is 77.3 Å². The zero-order chi connectivity index (χ0) is 90.2. The van der Waals surface area contributed by atoms with Gasteiger partial charge in [0.25, 0.3) is 0 Å². The Hall–Kier alpha value is -8.22. The van der Waals surface area contributed by atoms with E-state index in [1.807, 2.05) is 0 Å². The van der Waals surface area contributed by atoms with Crippen molar-refractivity contribution in [1.82, 2.24) is 29.9 Å². The number of rotatable bonds is 60. The number of fused-ring (bicyclic) bond motifs is 9. The zero-order valence-electron chi connectivity index (χ0n) is 83.2. The van der Waals surface area contributed by atoms with Crippen molar-refractivity contribution in [2.75, 3.05) is 0 Å². The second-order valence-corrected chi connectivity index (χ2v) is 40.0. The fourth-order valence-corrected chi connectivity index (χ4v) is 23.4. The molecule has 3 aliphatic carbocycles. The SMILES string of the molecule is CCCCCCCCC1(CCCCCCCC)c2ccccc2-c2ccc(-c3nc(CCC)c(-c4cc(-c5nc(CCC)c(-c6ccc7c(c6)C(CCCCCCCC)(CCCCCCCC)c6ccccc6-7)nc5CCC)cc(-c5nc(CCC)c(-c6ccc7c(c6)C(CCCCCCCC)(CCCCCCCC)c6ccccc6-7)nc5CCC)c4)nc3CCC)cc21. The summed E-state index contributed by atoms with van der Waals surface area (Å²) in [6, 6.07) is 58.6. The van der Waals surface area contributed by atoms with Gasteiger partial charge >= 0.3 is 0 Å². The third kappa shape index (κ3) is 23.2. The van der Waals surface area contributed by atoms with Crippen molar-refractivity contribution in [3.8, 4) is 101 Å². The highest BCUT2D eigenvalue weighted by atomic mass is 14.9. The molecule has 7 aromatic carbocycles. The van der Waals surface area contributed by atoms with Crippen LogP contribution in [0, 0.1) is 0 Å². The van der Waals surface area contributed by atoms with Crippen LogP contribution in [0.5, 0.6) is 0 Å². The summed E-state index contributed by atoms with van der Waals surface area (Å²) < 4.78 is 0. The number of nitrogens with zero attached hydrogens (tertiary/aromatic N) is 6. The molecule has 0 aliphatic heterocycles. The first kappa shape index (κ1) is 98.3. The van der Waals surface area contributed by atoms with E-state index in [0.29, 0.717) is 0 Å². The molecule has 13 rings (SSSR count). The lowest BCUT2D eigenvalue weighted by Crippen LogP contribution is -2.25. The van der Waals surface area contributed by atoms with Crippen LogP contribution in [0.2, 0.25) is 0 Å². The first-order valence-corrected chi connectivity index (χ1v) is 54.1. The van der Waals surface area contributed by atoms with E-state index in [0.717, 1.165) is 162 Å². The zero-order valence-corrected chi connectivity index (χ0v) is 83.2. The summed E-state index contributed by atoms with van der Waals surface area (Å²) in [4.78, 5) is 36.9. The van der Waals surface area contributed by atoms with Gasteiger partial charge in [-0.1, -0.05) is 462 Å². The number of aryl methyl sites for hydroxylation is 6. The van der Waals surface area contributed by atoms with Crippen molar-refractivity contribution in [2.24, 2.45) is 0 Å². The lowest BCUT2D eigenvalue weighted by Gasteiger charge is -2.33. The molecule has 0 atom stereocenters. The molecule has 0 spiro atoms. The molecule has 0 bridgehead atoms. The van der Waals surface area contributed by atoms with E-state index >= 15 is 0 Å². The minimum atomic E-state index is -0.0543. The Balaban J connectivity index is 0.998. The quantitative estimate of drug-likeness (QED) is 0.0354. The van der Waals surface area contributed by atoms with Crippen molar-refractivity contribution < 1.29 is 0 Å². The molecule has 0 saturated heterocycles. The molecule has 690 valence electrons. The Morgan fingerprint density at radius 2 is 0.341 bits per heavy atom. The first-order chi connectivity index (χ1) is 63.5. The van der Waals surface area contributed by atoms with E-state index < -0.39 is 0 Å². The number of unbranched alkanes of at least 4 members (excludes halogenated alkanes) is 30. The first-order valence-electron chi connectivity index (χ1n) is 54.1. The maximum atomic E-state index is 6.17. The molecule has 3 heterocycles. The standard InChI is InChI=1S/C123H168N6/c1-13-25-31-37-43-55-79-121(80-56-44-38-32-26-14-2)103-70-52-49-67-97(103)100-76-73-91(88-106(100)121)115-109(61-19-7)127-118(112(124-115)64-22-10)94-85-95(119-113(65-23-11)125-116(110(128-119)62-20-8)92-74-77-101-98-68-50-53-71-104(98)122(107(101)89-92,81-57-45-39-33-27-15-3)82-58-46-40-34-28-16-4)87-96(86-94)120-114(66-24-12)126-117(111(129-120)63-21-9)93-75-78-102-99-69-51-54-72-105(99)123(108(102)90-93,83-59-47-41-35-29-17-5)84-60-48-42-36-30-18-6/h49-54,67-78,85-90H,13-48,55-66,79-84H2,1-12H3. The third-order valence-corrected chi connectivity index (χ3v) is 30.2. The van der Waals surface area contributed by atoms with Gasteiger partial charge in [-0.25, -0.2) is 29.9 Å².